The maximum absolute atomic E-state index is 11.1. The molecule has 2 rings (SSSR count). The predicted molar refractivity (Wildman–Crippen MR) is 62.7 cm³/mol. The van der Waals surface area contributed by atoms with Gasteiger partial charge in [-0.2, -0.15) is 0 Å². The van der Waals surface area contributed by atoms with E-state index in [9.17, 15) is 4.79 Å². The van der Waals surface area contributed by atoms with E-state index in [1.807, 2.05) is 5.38 Å². The van der Waals surface area contributed by atoms with Gasteiger partial charge in [-0.15, -0.1) is 11.3 Å². The molecule has 1 saturated heterocycles. The quantitative estimate of drug-likeness (QED) is 0.724. The minimum atomic E-state index is 0.0531. The molecule has 0 spiro atoms. The second-order valence-corrected chi connectivity index (χ2v) is 5.25. The highest BCUT2D eigenvalue weighted by molar-refractivity contribution is 7.13. The Kier molecular flexibility index (Phi) is 2.78. The van der Waals surface area contributed by atoms with Gasteiger partial charge in [-0.1, -0.05) is 6.92 Å². The van der Waals surface area contributed by atoms with E-state index in [1.165, 1.54) is 6.42 Å². The van der Waals surface area contributed by atoms with Crippen LogP contribution >= 0.6 is 11.3 Å². The van der Waals surface area contributed by atoms with E-state index in [0.717, 1.165) is 17.6 Å². The number of hydrogen-bond acceptors (Lipinski definition) is 4. The van der Waals surface area contributed by atoms with E-state index < -0.39 is 0 Å². The van der Waals surface area contributed by atoms with Crippen LogP contribution < -0.4 is 4.90 Å². The average molecular weight is 224 g/mol. The van der Waals surface area contributed by atoms with Gasteiger partial charge in [0.15, 0.2) is 10.9 Å². The highest BCUT2D eigenvalue weighted by Gasteiger charge is 2.28. The molecule has 3 nitrogen and oxygen atoms in total. The Labute approximate surface area is 94.1 Å². The van der Waals surface area contributed by atoms with Gasteiger partial charge in [0.05, 0.1) is 0 Å². The standard InChI is InChI=1S/C11H16N2OS/c1-7-4-8(2)13(5-7)11-12-10(6-15-11)9(3)14/h6-8H,4-5H2,1-3H3. The fourth-order valence-electron chi connectivity index (χ4n) is 2.12. The number of carbonyl (C=O) groups excluding carboxylic acids is 1. The molecule has 0 N–H and O–H groups in total. The van der Waals surface area contributed by atoms with Crippen molar-refractivity contribution in [2.45, 2.75) is 33.2 Å². The Hall–Kier alpha value is -0.900. The number of nitrogens with zero attached hydrogens (tertiary/aromatic N) is 2. The second-order valence-electron chi connectivity index (χ2n) is 4.41. The minimum absolute atomic E-state index is 0.0531. The highest BCUT2D eigenvalue weighted by atomic mass is 32.1. The molecule has 1 fully saturated rings. The summed E-state index contributed by atoms with van der Waals surface area (Å²) in [6.07, 6.45) is 1.22. The number of rotatable bonds is 2. The summed E-state index contributed by atoms with van der Waals surface area (Å²) in [6, 6.07) is 0.547. The van der Waals surface area contributed by atoms with Gasteiger partial charge in [0.1, 0.15) is 5.69 Å². The van der Waals surface area contributed by atoms with Crippen molar-refractivity contribution in [3.8, 4) is 0 Å². The summed E-state index contributed by atoms with van der Waals surface area (Å²) in [4.78, 5) is 17.8. The van der Waals surface area contributed by atoms with Gasteiger partial charge in [-0.05, 0) is 19.3 Å². The fraction of sp³-hybridized carbons (Fsp3) is 0.636. The third-order valence-corrected chi connectivity index (χ3v) is 3.76. The molecule has 2 heterocycles. The molecule has 0 amide bonds. The Morgan fingerprint density at radius 1 is 1.60 bits per heavy atom. The van der Waals surface area contributed by atoms with Crippen molar-refractivity contribution in [3.63, 3.8) is 0 Å². The van der Waals surface area contributed by atoms with Gasteiger partial charge >= 0.3 is 0 Å². The SMILES string of the molecule is CC(=O)c1csc(N2CC(C)CC2C)n1. The highest BCUT2D eigenvalue weighted by Crippen LogP contribution is 2.30. The van der Waals surface area contributed by atoms with Crippen molar-refractivity contribution >= 4 is 22.3 Å². The summed E-state index contributed by atoms with van der Waals surface area (Å²) in [5.41, 5.74) is 0.599. The van der Waals surface area contributed by atoms with Crippen molar-refractivity contribution in [1.29, 1.82) is 0 Å². The number of anilines is 1. The lowest BCUT2D eigenvalue weighted by Crippen LogP contribution is -2.26. The summed E-state index contributed by atoms with van der Waals surface area (Å²) in [7, 11) is 0. The molecule has 0 bridgehead atoms. The lowest BCUT2D eigenvalue weighted by molar-refractivity contribution is 0.101. The summed E-state index contributed by atoms with van der Waals surface area (Å²) in [5, 5.41) is 2.85. The lowest BCUT2D eigenvalue weighted by atomic mass is 10.1. The topological polar surface area (TPSA) is 33.2 Å². The molecule has 2 unspecified atom stereocenters. The van der Waals surface area contributed by atoms with Crippen LogP contribution in [0.15, 0.2) is 5.38 Å². The maximum atomic E-state index is 11.1. The number of thiazole rings is 1. The van der Waals surface area contributed by atoms with Gasteiger partial charge in [-0.3, -0.25) is 4.79 Å². The van der Waals surface area contributed by atoms with Crippen LogP contribution in [0.4, 0.5) is 5.13 Å². The average Bonchev–Trinajstić information content (AvgIpc) is 2.71. The van der Waals surface area contributed by atoms with Crippen LogP contribution in [-0.2, 0) is 0 Å². The van der Waals surface area contributed by atoms with Crippen molar-refractivity contribution in [3.05, 3.63) is 11.1 Å². The van der Waals surface area contributed by atoms with E-state index in [1.54, 1.807) is 18.3 Å². The molecule has 1 aliphatic rings. The van der Waals surface area contributed by atoms with Crippen LogP contribution in [0.1, 0.15) is 37.7 Å². The van der Waals surface area contributed by atoms with E-state index in [2.05, 4.69) is 23.7 Å². The zero-order valence-corrected chi connectivity index (χ0v) is 10.2. The first-order valence-corrected chi connectivity index (χ1v) is 6.19. The Morgan fingerprint density at radius 3 is 2.80 bits per heavy atom. The normalized spacial score (nSPS) is 25.9. The molecule has 4 heteroatoms. The molecule has 1 aliphatic heterocycles. The van der Waals surface area contributed by atoms with Gasteiger partial charge < -0.3 is 4.90 Å². The minimum Gasteiger partial charge on any atom is -0.345 e. The molecule has 1 aromatic heterocycles. The molecule has 0 aromatic carbocycles. The van der Waals surface area contributed by atoms with Gasteiger partial charge in [0, 0.05) is 24.9 Å². The molecular weight excluding hydrogens is 208 g/mol. The monoisotopic (exact) mass is 224 g/mol. The van der Waals surface area contributed by atoms with Crippen molar-refractivity contribution in [2.75, 3.05) is 11.4 Å². The van der Waals surface area contributed by atoms with Crippen LogP contribution in [-0.4, -0.2) is 23.4 Å². The predicted octanol–water partition coefficient (Wildman–Crippen LogP) is 2.58. The molecule has 1 aromatic rings. The number of Topliss-reactive ketones (excluding diaryl/α,β-unsaturated/α-hetero) is 1. The number of hydrogen-bond donors (Lipinski definition) is 0. The molecule has 0 radical (unpaired) electrons. The molecule has 82 valence electrons. The van der Waals surface area contributed by atoms with Gasteiger partial charge in [0.2, 0.25) is 0 Å². The maximum Gasteiger partial charge on any atom is 0.186 e. The van der Waals surface area contributed by atoms with Crippen molar-refractivity contribution in [1.82, 2.24) is 4.98 Å². The van der Waals surface area contributed by atoms with E-state index in [0.29, 0.717) is 11.7 Å². The summed E-state index contributed by atoms with van der Waals surface area (Å²) >= 11 is 1.57. The first-order chi connectivity index (χ1) is 7.08. The van der Waals surface area contributed by atoms with Crippen LogP contribution in [0, 0.1) is 5.92 Å². The number of carbonyl (C=O) groups is 1. The summed E-state index contributed by atoms with van der Waals surface area (Å²) < 4.78 is 0. The van der Waals surface area contributed by atoms with Crippen LogP contribution in [0.3, 0.4) is 0 Å². The van der Waals surface area contributed by atoms with Crippen molar-refractivity contribution in [2.24, 2.45) is 5.92 Å². The number of ketones is 1. The number of aromatic nitrogens is 1. The van der Waals surface area contributed by atoms with E-state index >= 15 is 0 Å². The molecule has 0 saturated carbocycles. The lowest BCUT2D eigenvalue weighted by Gasteiger charge is -2.19. The molecular formula is C11H16N2OS. The molecule has 0 aliphatic carbocycles. The van der Waals surface area contributed by atoms with Crippen LogP contribution in [0.5, 0.6) is 0 Å². The smallest absolute Gasteiger partial charge is 0.186 e. The first kappa shape index (κ1) is 10.6. The Balaban J connectivity index is 2.19. The Morgan fingerprint density at radius 2 is 2.33 bits per heavy atom. The van der Waals surface area contributed by atoms with Crippen molar-refractivity contribution < 1.29 is 4.79 Å². The zero-order chi connectivity index (χ0) is 11.0. The third-order valence-electron chi connectivity index (χ3n) is 2.88. The van der Waals surface area contributed by atoms with E-state index in [4.69, 9.17) is 0 Å². The fourth-order valence-corrected chi connectivity index (χ4v) is 3.10. The van der Waals surface area contributed by atoms with E-state index in [-0.39, 0.29) is 5.78 Å². The molecule has 15 heavy (non-hydrogen) atoms. The summed E-state index contributed by atoms with van der Waals surface area (Å²) in [5.74, 6) is 0.780. The second kappa shape index (κ2) is 3.93. The first-order valence-electron chi connectivity index (χ1n) is 5.31. The van der Waals surface area contributed by atoms with Gasteiger partial charge in [0.25, 0.3) is 0 Å². The van der Waals surface area contributed by atoms with Gasteiger partial charge in [-0.25, -0.2) is 4.98 Å². The zero-order valence-electron chi connectivity index (χ0n) is 9.36. The Bertz CT molecular complexity index is 374. The van der Waals surface area contributed by atoms with Crippen LogP contribution in [0.25, 0.3) is 0 Å². The van der Waals surface area contributed by atoms with Crippen LogP contribution in [0.2, 0.25) is 0 Å². The molecule has 2 atom stereocenters. The summed E-state index contributed by atoms with van der Waals surface area (Å²) in [6.45, 7) is 7.11. The third kappa shape index (κ3) is 2.04. The largest absolute Gasteiger partial charge is 0.345 e.